The molecule has 6 heteroatoms. The van der Waals surface area contributed by atoms with E-state index in [4.69, 9.17) is 9.26 Å². The topological polar surface area (TPSA) is 68.5 Å². The van der Waals surface area contributed by atoms with Gasteiger partial charge in [0, 0.05) is 12.1 Å². The molecule has 4 aromatic rings. The standard InChI is InChI=1S/C25H23N3O3/c1-15-11-12-21(30-3)23-18(15)10-7-13-28(23)25(29)19-14-20(17-8-5-4-6-9-17)26-24-22(19)16(2)27-31-24/h4-6,8-9,11-12,14H,7,10,13H2,1-3H3. The Morgan fingerprint density at radius 2 is 1.94 bits per heavy atom. The molecule has 0 bridgehead atoms. The second kappa shape index (κ2) is 7.54. The molecule has 0 saturated carbocycles. The highest BCUT2D eigenvalue weighted by Gasteiger charge is 2.30. The van der Waals surface area contributed by atoms with Gasteiger partial charge in [-0.15, -0.1) is 0 Å². The summed E-state index contributed by atoms with van der Waals surface area (Å²) >= 11 is 0. The van der Waals surface area contributed by atoms with Gasteiger partial charge in [0.1, 0.15) is 5.75 Å². The minimum atomic E-state index is -0.0965. The number of carbonyl (C=O) groups excluding carboxylic acids is 1. The Morgan fingerprint density at radius 3 is 2.71 bits per heavy atom. The highest BCUT2D eigenvalue weighted by molar-refractivity contribution is 6.15. The molecule has 31 heavy (non-hydrogen) atoms. The normalized spacial score (nSPS) is 13.3. The summed E-state index contributed by atoms with van der Waals surface area (Å²) in [6, 6.07) is 15.6. The molecule has 0 saturated heterocycles. The zero-order chi connectivity index (χ0) is 21.5. The van der Waals surface area contributed by atoms with E-state index in [0.717, 1.165) is 29.7 Å². The van der Waals surface area contributed by atoms with Gasteiger partial charge >= 0.3 is 0 Å². The van der Waals surface area contributed by atoms with Crippen molar-refractivity contribution in [3.8, 4) is 17.0 Å². The number of nitrogens with zero attached hydrogens (tertiary/aromatic N) is 3. The number of fused-ring (bicyclic) bond motifs is 2. The quantitative estimate of drug-likeness (QED) is 0.467. The first-order valence-electron chi connectivity index (χ1n) is 10.4. The van der Waals surface area contributed by atoms with Gasteiger partial charge in [-0.3, -0.25) is 4.79 Å². The lowest BCUT2D eigenvalue weighted by molar-refractivity contribution is 0.0986. The molecule has 1 aliphatic rings. The van der Waals surface area contributed by atoms with Crippen LogP contribution in [0.15, 0.2) is 53.1 Å². The first kappa shape index (κ1) is 19.3. The number of ether oxygens (including phenoxy) is 1. The fourth-order valence-electron chi connectivity index (χ4n) is 4.39. The molecule has 0 spiro atoms. The number of hydrogen-bond acceptors (Lipinski definition) is 5. The maximum absolute atomic E-state index is 14.0. The van der Waals surface area contributed by atoms with Crippen LogP contribution in [-0.2, 0) is 6.42 Å². The maximum Gasteiger partial charge on any atom is 0.259 e. The molecule has 0 fully saturated rings. The van der Waals surface area contributed by atoms with Crippen molar-refractivity contribution in [1.29, 1.82) is 0 Å². The summed E-state index contributed by atoms with van der Waals surface area (Å²) in [5.41, 5.74) is 6.35. The molecule has 3 heterocycles. The number of hydrogen-bond donors (Lipinski definition) is 0. The largest absolute Gasteiger partial charge is 0.495 e. The first-order chi connectivity index (χ1) is 15.1. The second-order valence-electron chi connectivity index (χ2n) is 7.84. The third-order valence-corrected chi connectivity index (χ3v) is 5.94. The van der Waals surface area contributed by atoms with E-state index >= 15 is 0 Å². The van der Waals surface area contributed by atoms with Gasteiger partial charge < -0.3 is 14.2 Å². The van der Waals surface area contributed by atoms with Crippen molar-refractivity contribution in [3.63, 3.8) is 0 Å². The smallest absolute Gasteiger partial charge is 0.259 e. The molecular formula is C25H23N3O3. The Kier molecular flexibility index (Phi) is 4.70. The van der Waals surface area contributed by atoms with Gasteiger partial charge in [0.05, 0.1) is 35.1 Å². The minimum Gasteiger partial charge on any atom is -0.495 e. The number of aryl methyl sites for hydroxylation is 2. The second-order valence-corrected chi connectivity index (χ2v) is 7.84. The van der Waals surface area contributed by atoms with Crippen molar-refractivity contribution < 1.29 is 14.1 Å². The number of pyridine rings is 1. The Labute approximate surface area is 180 Å². The van der Waals surface area contributed by atoms with Crippen LogP contribution in [0.25, 0.3) is 22.4 Å². The van der Waals surface area contributed by atoms with Crippen LogP contribution in [0, 0.1) is 13.8 Å². The van der Waals surface area contributed by atoms with Gasteiger partial charge in [-0.25, -0.2) is 4.98 Å². The Morgan fingerprint density at radius 1 is 1.13 bits per heavy atom. The van der Waals surface area contributed by atoms with Gasteiger partial charge in [0.25, 0.3) is 11.6 Å². The summed E-state index contributed by atoms with van der Waals surface area (Å²) < 4.78 is 11.1. The fourth-order valence-corrected chi connectivity index (χ4v) is 4.39. The van der Waals surface area contributed by atoms with Gasteiger partial charge in [-0.05, 0) is 49.9 Å². The average molecular weight is 413 g/mol. The molecule has 0 radical (unpaired) electrons. The van der Waals surface area contributed by atoms with E-state index in [0.29, 0.717) is 40.3 Å². The van der Waals surface area contributed by atoms with E-state index in [1.54, 1.807) is 7.11 Å². The van der Waals surface area contributed by atoms with Crippen LogP contribution in [0.5, 0.6) is 5.75 Å². The molecule has 2 aromatic heterocycles. The lowest BCUT2D eigenvalue weighted by atomic mass is 9.95. The third-order valence-electron chi connectivity index (χ3n) is 5.94. The number of amides is 1. The summed E-state index contributed by atoms with van der Waals surface area (Å²) in [5.74, 6) is 0.616. The molecule has 0 N–H and O–H groups in total. The lowest BCUT2D eigenvalue weighted by Gasteiger charge is -2.32. The highest BCUT2D eigenvalue weighted by Crippen LogP contribution is 2.40. The molecule has 0 aliphatic carbocycles. The van der Waals surface area contributed by atoms with Crippen molar-refractivity contribution >= 4 is 22.7 Å². The predicted octanol–water partition coefficient (Wildman–Crippen LogP) is 5.11. The number of methoxy groups -OCH3 is 1. The third kappa shape index (κ3) is 3.15. The van der Waals surface area contributed by atoms with Gasteiger partial charge in [0.2, 0.25) is 0 Å². The first-order valence-corrected chi connectivity index (χ1v) is 10.4. The molecule has 1 aliphatic heterocycles. The summed E-state index contributed by atoms with van der Waals surface area (Å²) in [7, 11) is 1.64. The average Bonchev–Trinajstić information content (AvgIpc) is 3.19. The van der Waals surface area contributed by atoms with E-state index in [1.807, 2.05) is 60.4 Å². The van der Waals surface area contributed by atoms with Gasteiger partial charge in [-0.2, -0.15) is 0 Å². The van der Waals surface area contributed by atoms with Crippen molar-refractivity contribution in [3.05, 3.63) is 70.9 Å². The summed E-state index contributed by atoms with van der Waals surface area (Å²) in [4.78, 5) is 20.4. The zero-order valence-corrected chi connectivity index (χ0v) is 17.8. The molecule has 0 atom stereocenters. The zero-order valence-electron chi connectivity index (χ0n) is 17.8. The minimum absolute atomic E-state index is 0.0965. The molecular weight excluding hydrogens is 390 g/mol. The summed E-state index contributed by atoms with van der Waals surface area (Å²) in [5, 5.41) is 4.73. The van der Waals surface area contributed by atoms with Crippen molar-refractivity contribution in [2.45, 2.75) is 26.7 Å². The van der Waals surface area contributed by atoms with E-state index < -0.39 is 0 Å². The molecule has 1 amide bonds. The number of rotatable bonds is 3. The Hall–Kier alpha value is -3.67. The summed E-state index contributed by atoms with van der Waals surface area (Å²) in [6.07, 6.45) is 1.82. The van der Waals surface area contributed by atoms with Crippen LogP contribution in [0.1, 0.15) is 33.6 Å². The van der Waals surface area contributed by atoms with Crippen LogP contribution < -0.4 is 9.64 Å². The molecule has 156 valence electrons. The number of benzene rings is 2. The molecule has 6 nitrogen and oxygen atoms in total. The van der Waals surface area contributed by atoms with Gasteiger partial charge in [0.15, 0.2) is 0 Å². The molecule has 0 unspecified atom stereocenters. The van der Waals surface area contributed by atoms with Crippen LogP contribution in [0.2, 0.25) is 0 Å². The van der Waals surface area contributed by atoms with Crippen molar-refractivity contribution in [2.75, 3.05) is 18.6 Å². The van der Waals surface area contributed by atoms with Crippen LogP contribution in [-0.4, -0.2) is 29.7 Å². The SMILES string of the molecule is COc1ccc(C)c2c1N(C(=O)c1cc(-c3ccccc3)nc3onc(C)c13)CCC2. The highest BCUT2D eigenvalue weighted by atomic mass is 16.5. The van der Waals surface area contributed by atoms with E-state index in [2.05, 4.69) is 17.1 Å². The van der Waals surface area contributed by atoms with E-state index in [1.165, 1.54) is 5.56 Å². The van der Waals surface area contributed by atoms with E-state index in [9.17, 15) is 4.79 Å². The van der Waals surface area contributed by atoms with Crippen molar-refractivity contribution in [2.24, 2.45) is 0 Å². The predicted molar refractivity (Wildman–Crippen MR) is 120 cm³/mol. The number of aromatic nitrogens is 2. The maximum atomic E-state index is 14.0. The lowest BCUT2D eigenvalue weighted by Crippen LogP contribution is -2.36. The number of anilines is 1. The van der Waals surface area contributed by atoms with Crippen LogP contribution in [0.4, 0.5) is 5.69 Å². The number of carbonyl (C=O) groups is 1. The fraction of sp³-hybridized carbons (Fsp3) is 0.240. The van der Waals surface area contributed by atoms with Crippen LogP contribution >= 0.6 is 0 Å². The van der Waals surface area contributed by atoms with Gasteiger partial charge in [-0.1, -0.05) is 41.6 Å². The summed E-state index contributed by atoms with van der Waals surface area (Å²) in [6.45, 7) is 4.54. The Balaban J connectivity index is 1.70. The van der Waals surface area contributed by atoms with Crippen LogP contribution in [0.3, 0.4) is 0 Å². The molecule has 2 aromatic carbocycles. The van der Waals surface area contributed by atoms with E-state index in [-0.39, 0.29) is 5.91 Å². The van der Waals surface area contributed by atoms with Crippen molar-refractivity contribution in [1.82, 2.24) is 10.1 Å². The monoisotopic (exact) mass is 413 g/mol. The molecule has 5 rings (SSSR count). The Bertz CT molecular complexity index is 1290.